The lowest BCUT2D eigenvalue weighted by molar-refractivity contribution is -0.136. The number of ether oxygens (including phenoxy) is 2. The second-order valence-corrected chi connectivity index (χ2v) is 5.02. The van der Waals surface area contributed by atoms with Crippen LogP contribution in [0.1, 0.15) is 25.7 Å². The zero-order valence-electron chi connectivity index (χ0n) is 12.8. The second-order valence-electron chi connectivity index (χ2n) is 5.02. The molecule has 126 valence electrons. The Balaban J connectivity index is 1.67. The summed E-state index contributed by atoms with van der Waals surface area (Å²) in [6, 6.07) is 11.2. The van der Waals surface area contributed by atoms with Gasteiger partial charge in [0.05, 0.1) is 0 Å². The van der Waals surface area contributed by atoms with Crippen LogP contribution in [-0.2, 0) is 9.59 Å². The highest BCUT2D eigenvalue weighted by Gasteiger charge is 2.11. The van der Waals surface area contributed by atoms with Gasteiger partial charge in [0.2, 0.25) is 0 Å². The molecule has 2 aromatic carbocycles. The normalized spacial score (nSPS) is 10.2. The highest BCUT2D eigenvalue weighted by atomic mass is 19.1. The summed E-state index contributed by atoms with van der Waals surface area (Å²) in [4.78, 5) is 23.2. The number of halogens is 2. The highest BCUT2D eigenvalue weighted by Crippen LogP contribution is 2.18. The number of carbonyl (C=O) groups is 2. The largest absolute Gasteiger partial charge is 0.423 e. The average molecular weight is 334 g/mol. The van der Waals surface area contributed by atoms with Gasteiger partial charge in [-0.2, -0.15) is 0 Å². The first-order chi connectivity index (χ1) is 11.6. The van der Waals surface area contributed by atoms with Crippen LogP contribution in [0.4, 0.5) is 8.78 Å². The molecule has 4 nitrogen and oxygen atoms in total. The molecule has 0 spiro atoms. The van der Waals surface area contributed by atoms with Gasteiger partial charge in [0, 0.05) is 12.8 Å². The van der Waals surface area contributed by atoms with E-state index in [-0.39, 0.29) is 24.3 Å². The van der Waals surface area contributed by atoms with E-state index in [4.69, 9.17) is 9.47 Å². The van der Waals surface area contributed by atoms with Crippen LogP contribution in [0.15, 0.2) is 48.5 Å². The van der Waals surface area contributed by atoms with Crippen molar-refractivity contribution in [3.05, 3.63) is 60.2 Å². The molecule has 2 rings (SSSR count). The summed E-state index contributed by atoms with van der Waals surface area (Å²) in [5.41, 5.74) is 0. The molecule has 0 atom stereocenters. The molecule has 0 aromatic heterocycles. The van der Waals surface area contributed by atoms with Crippen molar-refractivity contribution in [3.63, 3.8) is 0 Å². The van der Waals surface area contributed by atoms with Crippen LogP contribution >= 0.6 is 0 Å². The van der Waals surface area contributed by atoms with Gasteiger partial charge in [-0.3, -0.25) is 9.59 Å². The Labute approximate surface area is 138 Å². The lowest BCUT2D eigenvalue weighted by Crippen LogP contribution is -2.11. The van der Waals surface area contributed by atoms with Crippen molar-refractivity contribution >= 4 is 11.9 Å². The van der Waals surface area contributed by atoms with Crippen LogP contribution in [-0.4, -0.2) is 11.9 Å². The smallest absolute Gasteiger partial charge is 0.311 e. The lowest BCUT2D eigenvalue weighted by Gasteiger charge is -2.06. The first-order valence-corrected chi connectivity index (χ1v) is 7.46. The fourth-order valence-electron chi connectivity index (χ4n) is 1.94. The maximum atomic E-state index is 13.3. The first-order valence-electron chi connectivity index (χ1n) is 7.46. The number of benzene rings is 2. The third-order valence-corrected chi connectivity index (χ3v) is 3.13. The van der Waals surface area contributed by atoms with Crippen LogP contribution in [0.3, 0.4) is 0 Å². The molecule has 0 aliphatic heterocycles. The van der Waals surface area contributed by atoms with E-state index in [1.54, 1.807) is 12.1 Å². The molecular weight excluding hydrogens is 318 g/mol. The maximum Gasteiger partial charge on any atom is 0.311 e. The third kappa shape index (κ3) is 5.46. The minimum absolute atomic E-state index is 0.0430. The zero-order valence-corrected chi connectivity index (χ0v) is 12.8. The van der Waals surface area contributed by atoms with Crippen LogP contribution < -0.4 is 9.47 Å². The lowest BCUT2D eigenvalue weighted by atomic mass is 10.2. The van der Waals surface area contributed by atoms with Crippen molar-refractivity contribution in [3.8, 4) is 11.5 Å². The van der Waals surface area contributed by atoms with Gasteiger partial charge in [0.25, 0.3) is 0 Å². The van der Waals surface area contributed by atoms with Crippen molar-refractivity contribution in [1.82, 2.24) is 0 Å². The topological polar surface area (TPSA) is 52.6 Å². The van der Waals surface area contributed by atoms with E-state index in [9.17, 15) is 18.4 Å². The van der Waals surface area contributed by atoms with Gasteiger partial charge in [-0.05, 0) is 37.1 Å². The molecule has 0 aliphatic carbocycles. The number of carbonyl (C=O) groups excluding carboxylic acids is 2. The quantitative estimate of drug-likeness (QED) is 0.436. The van der Waals surface area contributed by atoms with E-state index in [1.165, 1.54) is 36.4 Å². The van der Waals surface area contributed by atoms with E-state index >= 15 is 0 Å². The fraction of sp³-hybridized carbons (Fsp3) is 0.222. The van der Waals surface area contributed by atoms with Crippen molar-refractivity contribution in [2.24, 2.45) is 0 Å². The predicted molar refractivity (Wildman–Crippen MR) is 82.5 cm³/mol. The fourth-order valence-corrected chi connectivity index (χ4v) is 1.94. The van der Waals surface area contributed by atoms with E-state index in [2.05, 4.69) is 0 Å². The van der Waals surface area contributed by atoms with E-state index in [0.717, 1.165) is 0 Å². The summed E-state index contributed by atoms with van der Waals surface area (Å²) < 4.78 is 36.4. The van der Waals surface area contributed by atoms with Gasteiger partial charge < -0.3 is 9.47 Å². The predicted octanol–water partition coefficient (Wildman–Crippen LogP) is 4.04. The van der Waals surface area contributed by atoms with Crippen molar-refractivity contribution in [2.75, 3.05) is 0 Å². The number of hydrogen-bond donors (Lipinski definition) is 0. The average Bonchev–Trinajstić information content (AvgIpc) is 2.56. The number of unbranched alkanes of at least 4 members (excludes halogenated alkanes) is 1. The summed E-state index contributed by atoms with van der Waals surface area (Å²) >= 11 is 0. The van der Waals surface area contributed by atoms with Gasteiger partial charge >= 0.3 is 11.9 Å². The summed E-state index contributed by atoms with van der Waals surface area (Å²) in [7, 11) is 0. The van der Waals surface area contributed by atoms with Crippen LogP contribution in [0.25, 0.3) is 0 Å². The van der Waals surface area contributed by atoms with Gasteiger partial charge in [0.15, 0.2) is 23.1 Å². The highest BCUT2D eigenvalue weighted by molar-refractivity contribution is 5.73. The Bertz CT molecular complexity index is 654. The van der Waals surface area contributed by atoms with Gasteiger partial charge in [-0.15, -0.1) is 0 Å². The third-order valence-electron chi connectivity index (χ3n) is 3.13. The molecule has 0 aliphatic rings. The molecule has 0 saturated carbocycles. The molecule has 2 aromatic rings. The Hall–Kier alpha value is -2.76. The summed E-state index contributed by atoms with van der Waals surface area (Å²) in [5, 5.41) is 0. The molecule has 0 radical (unpaired) electrons. The van der Waals surface area contributed by atoms with Crippen LogP contribution in [0.2, 0.25) is 0 Å². The Morgan fingerprint density at radius 2 is 1.08 bits per heavy atom. The Morgan fingerprint density at radius 1 is 0.708 bits per heavy atom. The number of esters is 2. The summed E-state index contributed by atoms with van der Waals surface area (Å²) in [6.07, 6.45) is 0.835. The molecule has 0 fully saturated rings. The molecule has 0 unspecified atom stereocenters. The van der Waals surface area contributed by atoms with Crippen molar-refractivity contribution in [1.29, 1.82) is 0 Å². The molecule has 0 amide bonds. The Morgan fingerprint density at radius 3 is 1.46 bits per heavy atom. The monoisotopic (exact) mass is 334 g/mol. The SMILES string of the molecule is O=C(CCCCC(=O)Oc1ccccc1F)Oc1ccccc1F. The summed E-state index contributed by atoms with van der Waals surface area (Å²) in [6.45, 7) is 0. The van der Waals surface area contributed by atoms with Crippen molar-refractivity contribution < 1.29 is 27.8 Å². The number of rotatable bonds is 7. The van der Waals surface area contributed by atoms with E-state index in [1.807, 2.05) is 0 Å². The first kappa shape index (κ1) is 17.6. The zero-order chi connectivity index (χ0) is 17.4. The van der Waals surface area contributed by atoms with E-state index in [0.29, 0.717) is 12.8 Å². The molecule has 0 N–H and O–H groups in total. The van der Waals surface area contributed by atoms with E-state index < -0.39 is 23.6 Å². The Kier molecular flexibility index (Phi) is 6.42. The number of para-hydroxylation sites is 2. The number of hydrogen-bond acceptors (Lipinski definition) is 4. The van der Waals surface area contributed by atoms with Gasteiger partial charge in [-0.1, -0.05) is 24.3 Å². The minimum Gasteiger partial charge on any atom is -0.423 e. The maximum absolute atomic E-state index is 13.3. The standard InChI is InChI=1S/C18H16F2O4/c19-13-7-1-3-9-15(13)23-17(21)11-5-6-12-18(22)24-16-10-4-2-8-14(16)20/h1-4,7-10H,5-6,11-12H2. The molecular formula is C18H16F2O4. The second kappa shape index (κ2) is 8.76. The van der Waals surface area contributed by atoms with Crippen LogP contribution in [0.5, 0.6) is 11.5 Å². The minimum atomic E-state index is -0.612. The van der Waals surface area contributed by atoms with Gasteiger partial charge in [-0.25, -0.2) is 8.78 Å². The molecule has 0 bridgehead atoms. The summed E-state index contributed by atoms with van der Waals surface area (Å²) in [5.74, 6) is -2.63. The molecule has 24 heavy (non-hydrogen) atoms. The molecule has 6 heteroatoms. The molecule has 0 saturated heterocycles. The van der Waals surface area contributed by atoms with Gasteiger partial charge in [0.1, 0.15) is 0 Å². The molecule has 0 heterocycles. The van der Waals surface area contributed by atoms with Crippen LogP contribution in [0, 0.1) is 11.6 Å². The van der Waals surface area contributed by atoms with Crippen molar-refractivity contribution in [2.45, 2.75) is 25.7 Å².